The predicted molar refractivity (Wildman–Crippen MR) is 155 cm³/mol. The fourth-order valence-corrected chi connectivity index (χ4v) is 6.81. The van der Waals surface area contributed by atoms with Crippen molar-refractivity contribution in [1.29, 1.82) is 0 Å². The number of aromatic hydroxyl groups is 1. The topological polar surface area (TPSA) is 202 Å². The lowest BCUT2D eigenvalue weighted by molar-refractivity contribution is -0.153. The van der Waals surface area contributed by atoms with Gasteiger partial charge in [-0.2, -0.15) is 0 Å². The van der Waals surface area contributed by atoms with Crippen molar-refractivity contribution in [2.24, 2.45) is 17.6 Å². The van der Waals surface area contributed by atoms with E-state index in [0.29, 0.717) is 18.7 Å². The van der Waals surface area contributed by atoms with Crippen molar-refractivity contribution in [3.63, 3.8) is 0 Å². The first kappa shape index (κ1) is 33.5. The zero-order chi connectivity index (χ0) is 32.7. The van der Waals surface area contributed by atoms with Crippen LogP contribution in [0.2, 0.25) is 0 Å². The van der Waals surface area contributed by atoms with Crippen LogP contribution in [0, 0.1) is 11.8 Å². The molecule has 1 amide bonds. The maximum atomic E-state index is 14.0. The number of likely N-dealkylation sites (N-methyl/N-ethyl adjacent to an activating group) is 1. The quantitative estimate of drug-likeness (QED) is 0.155. The summed E-state index contributed by atoms with van der Waals surface area (Å²) in [6.07, 6.45) is -0.996. The molecule has 1 saturated carbocycles. The molecule has 0 bridgehead atoms. The number of phenols is 1. The monoisotopic (exact) mass is 619 g/mol. The summed E-state index contributed by atoms with van der Waals surface area (Å²) in [4.78, 5) is 43.0. The Morgan fingerprint density at radius 1 is 1.02 bits per heavy atom. The molecular weight excluding hydrogens is 578 g/mol. The fraction of sp³-hybridized carbons (Fsp3) is 0.567. The molecule has 1 aromatic rings. The Labute approximate surface area is 255 Å². The molecule has 3 aliphatic rings. The van der Waals surface area contributed by atoms with Crippen LogP contribution in [0.5, 0.6) is 5.75 Å². The first-order valence-electron chi connectivity index (χ1n) is 14.1. The minimum atomic E-state index is -2.70. The molecule has 0 radical (unpaired) electrons. The van der Waals surface area contributed by atoms with Crippen LogP contribution in [0.25, 0.3) is 5.76 Å². The number of Topliss-reactive ketones (excluding diaryl/α,β-unsaturated/α-hetero) is 2. The number of aliphatic hydroxyl groups is 3. The predicted octanol–water partition coefficient (Wildman–Crippen LogP) is 0.00380. The number of ketones is 2. The SMILES string of the molecule is COC(CN(Cc1ccc(O)c2c1C[C@@H]1C[C@@H]3C(N(C)C)C(=O)C(C(N)=O)=C(O)[C@@]3(O)C(=O)C1=C2O)CC(OC)OC)OC. The molecule has 6 N–H and O–H groups in total. The molecule has 14 nitrogen and oxygen atoms in total. The normalized spacial score (nSPS) is 25.3. The second-order valence-corrected chi connectivity index (χ2v) is 11.6. The molecule has 4 rings (SSSR count). The number of nitrogens with two attached hydrogens (primary N) is 1. The van der Waals surface area contributed by atoms with Crippen LogP contribution in [-0.4, -0.2) is 128 Å². The number of methoxy groups -OCH3 is 4. The lowest BCUT2D eigenvalue weighted by Gasteiger charge is -2.50. The Morgan fingerprint density at radius 3 is 2.09 bits per heavy atom. The summed E-state index contributed by atoms with van der Waals surface area (Å²) in [5, 5.41) is 45.2. The van der Waals surface area contributed by atoms with Gasteiger partial charge in [-0.15, -0.1) is 0 Å². The van der Waals surface area contributed by atoms with E-state index in [1.807, 2.05) is 4.90 Å². The van der Waals surface area contributed by atoms with Crippen molar-refractivity contribution in [3.8, 4) is 5.75 Å². The summed E-state index contributed by atoms with van der Waals surface area (Å²) in [7, 11) is 9.17. The number of rotatable bonds is 12. The number of carbonyl (C=O) groups excluding carboxylic acids is 3. The van der Waals surface area contributed by atoms with Crippen LogP contribution in [-0.2, 0) is 46.3 Å². The molecule has 14 heteroatoms. The van der Waals surface area contributed by atoms with Crippen molar-refractivity contribution < 1.29 is 53.8 Å². The van der Waals surface area contributed by atoms with Crippen LogP contribution in [0.3, 0.4) is 0 Å². The van der Waals surface area contributed by atoms with Gasteiger partial charge in [-0.05, 0) is 50.0 Å². The number of nitrogens with zero attached hydrogens (tertiary/aromatic N) is 2. The molecule has 242 valence electrons. The maximum Gasteiger partial charge on any atom is 0.255 e. The molecule has 0 aromatic heterocycles. The summed E-state index contributed by atoms with van der Waals surface area (Å²) < 4.78 is 21.6. The molecule has 0 heterocycles. The highest BCUT2D eigenvalue weighted by Gasteiger charge is 2.64. The van der Waals surface area contributed by atoms with Crippen molar-refractivity contribution in [2.45, 2.75) is 43.6 Å². The zero-order valence-corrected chi connectivity index (χ0v) is 25.7. The first-order valence-corrected chi connectivity index (χ1v) is 14.1. The average Bonchev–Trinajstić information content (AvgIpc) is 2.97. The van der Waals surface area contributed by atoms with E-state index < -0.39 is 70.6 Å². The molecule has 1 fully saturated rings. The molecule has 44 heavy (non-hydrogen) atoms. The Hall–Kier alpha value is -3.37. The van der Waals surface area contributed by atoms with E-state index in [2.05, 4.69) is 0 Å². The Bertz CT molecular complexity index is 1370. The number of benzene rings is 1. The third-order valence-corrected chi connectivity index (χ3v) is 8.96. The molecule has 0 saturated heterocycles. The lowest BCUT2D eigenvalue weighted by atomic mass is 9.57. The zero-order valence-electron chi connectivity index (χ0n) is 25.7. The van der Waals surface area contributed by atoms with Gasteiger partial charge in [0.15, 0.2) is 24.0 Å². The van der Waals surface area contributed by atoms with Gasteiger partial charge in [0.2, 0.25) is 5.78 Å². The minimum absolute atomic E-state index is 0.00454. The van der Waals surface area contributed by atoms with Crippen LogP contribution in [0.1, 0.15) is 23.1 Å². The van der Waals surface area contributed by atoms with Crippen LogP contribution >= 0.6 is 0 Å². The molecule has 1 unspecified atom stereocenters. The van der Waals surface area contributed by atoms with E-state index in [1.54, 1.807) is 20.2 Å². The van der Waals surface area contributed by atoms with Crippen molar-refractivity contribution in [3.05, 3.63) is 45.7 Å². The summed E-state index contributed by atoms with van der Waals surface area (Å²) in [6, 6.07) is 1.95. The van der Waals surface area contributed by atoms with E-state index in [4.69, 9.17) is 24.7 Å². The lowest BCUT2D eigenvalue weighted by Crippen LogP contribution is -2.65. The van der Waals surface area contributed by atoms with Gasteiger partial charge in [0.1, 0.15) is 22.8 Å². The third-order valence-electron chi connectivity index (χ3n) is 8.96. The average molecular weight is 620 g/mol. The van der Waals surface area contributed by atoms with Gasteiger partial charge in [-0.25, -0.2) is 0 Å². The summed E-state index contributed by atoms with van der Waals surface area (Å²) in [5.41, 5.74) is 2.93. The van der Waals surface area contributed by atoms with E-state index in [-0.39, 0.29) is 36.3 Å². The second kappa shape index (κ2) is 12.9. The number of amides is 1. The van der Waals surface area contributed by atoms with E-state index in [9.17, 15) is 34.8 Å². The van der Waals surface area contributed by atoms with Crippen LogP contribution in [0.4, 0.5) is 0 Å². The highest BCUT2D eigenvalue weighted by molar-refractivity contribution is 6.24. The second-order valence-electron chi connectivity index (χ2n) is 11.6. The third kappa shape index (κ3) is 5.51. The number of carbonyl (C=O) groups is 3. The van der Waals surface area contributed by atoms with Crippen molar-refractivity contribution >= 4 is 23.2 Å². The summed E-state index contributed by atoms with van der Waals surface area (Å²) in [5.74, 6) is -6.97. The highest BCUT2D eigenvalue weighted by Crippen LogP contribution is 2.53. The number of hydrogen-bond acceptors (Lipinski definition) is 13. The van der Waals surface area contributed by atoms with E-state index in [0.717, 1.165) is 5.56 Å². The molecule has 0 spiro atoms. The van der Waals surface area contributed by atoms with Crippen LogP contribution < -0.4 is 5.73 Å². The number of aliphatic hydroxyl groups excluding tert-OH is 2. The minimum Gasteiger partial charge on any atom is -0.508 e. The Morgan fingerprint density at radius 2 is 1.59 bits per heavy atom. The largest absolute Gasteiger partial charge is 0.508 e. The van der Waals surface area contributed by atoms with Gasteiger partial charge >= 0.3 is 0 Å². The van der Waals surface area contributed by atoms with Crippen molar-refractivity contribution in [1.82, 2.24) is 9.80 Å². The number of hydrogen-bond donors (Lipinski definition) is 5. The smallest absolute Gasteiger partial charge is 0.255 e. The van der Waals surface area contributed by atoms with Crippen molar-refractivity contribution in [2.75, 3.05) is 55.6 Å². The first-order chi connectivity index (χ1) is 20.8. The van der Waals surface area contributed by atoms with E-state index in [1.165, 1.54) is 39.4 Å². The fourth-order valence-electron chi connectivity index (χ4n) is 6.81. The van der Waals surface area contributed by atoms with Crippen LogP contribution in [0.15, 0.2) is 29.0 Å². The van der Waals surface area contributed by atoms with Gasteiger partial charge in [-0.3, -0.25) is 24.2 Å². The number of primary amides is 1. The van der Waals surface area contributed by atoms with E-state index >= 15 is 0 Å². The summed E-state index contributed by atoms with van der Waals surface area (Å²) >= 11 is 0. The van der Waals surface area contributed by atoms with Gasteiger partial charge < -0.3 is 45.1 Å². The maximum absolute atomic E-state index is 14.0. The van der Waals surface area contributed by atoms with Gasteiger partial charge in [0.05, 0.1) is 24.7 Å². The Balaban J connectivity index is 1.83. The molecule has 3 aliphatic carbocycles. The molecular formula is C30H41N3O11. The Kier molecular flexibility index (Phi) is 9.85. The highest BCUT2D eigenvalue weighted by atomic mass is 16.7. The molecule has 1 aromatic carbocycles. The number of phenolic OH excluding ortho intramolecular Hbond substituents is 1. The molecule has 4 atom stereocenters. The molecule has 0 aliphatic heterocycles. The van der Waals surface area contributed by atoms with Gasteiger partial charge in [0, 0.05) is 46.5 Å². The van der Waals surface area contributed by atoms with Gasteiger partial charge in [-0.1, -0.05) is 6.07 Å². The number of ether oxygens (including phenoxy) is 4. The van der Waals surface area contributed by atoms with Gasteiger partial charge in [0.25, 0.3) is 5.91 Å². The standard InChI is InChI=1S/C30H41N3O11/c1-32(2)24-17-10-15-9-16-14(11-33(12-19(41-3)42-4)13-20(43-5)44-6)7-8-18(34)22(16)25(35)21(15)27(37)30(17,40)28(38)23(26(24)36)29(31)39/h7-8,15,17,19-20,24,34-35,38,40H,9-13H2,1-6H3,(H2,31,39)/t15-,17-,24?,30+/m1/s1. The number of fused-ring (bicyclic) bond motifs is 3. The summed E-state index contributed by atoms with van der Waals surface area (Å²) in [6.45, 7) is 0.919.